The lowest BCUT2D eigenvalue weighted by molar-refractivity contribution is 0.574. The van der Waals surface area contributed by atoms with Gasteiger partial charge in [-0.15, -0.1) is 0 Å². The van der Waals surface area contributed by atoms with Gasteiger partial charge in [0.05, 0.1) is 22.3 Å². The lowest BCUT2D eigenvalue weighted by atomic mass is 10.1. The fourth-order valence-electron chi connectivity index (χ4n) is 2.62. The van der Waals surface area contributed by atoms with Crippen LogP contribution < -0.4 is 0 Å². The van der Waals surface area contributed by atoms with E-state index in [0.717, 1.165) is 9.78 Å². The van der Waals surface area contributed by atoms with Gasteiger partial charge in [-0.25, -0.2) is 4.98 Å². The first-order chi connectivity index (χ1) is 12.5. The molecule has 0 amide bonds. The molecule has 0 bridgehead atoms. The van der Waals surface area contributed by atoms with Gasteiger partial charge < -0.3 is 4.42 Å². The van der Waals surface area contributed by atoms with Crippen molar-refractivity contribution in [1.82, 2.24) is 14.2 Å². The van der Waals surface area contributed by atoms with Crippen LogP contribution in [0.15, 0.2) is 64.2 Å². The molecular formula is C17H11BrClN3O3S. The zero-order chi connectivity index (χ0) is 18.3. The van der Waals surface area contributed by atoms with Gasteiger partial charge in [-0.3, -0.25) is 0 Å². The van der Waals surface area contributed by atoms with Crippen molar-refractivity contribution in [3.63, 3.8) is 0 Å². The number of nitrogens with zero attached hydrogens (tertiary/aromatic N) is 3. The van der Waals surface area contributed by atoms with Gasteiger partial charge in [-0.05, 0) is 24.3 Å². The van der Waals surface area contributed by atoms with Crippen LogP contribution in [0.1, 0.15) is 5.69 Å². The summed E-state index contributed by atoms with van der Waals surface area (Å²) in [6, 6.07) is 11.3. The summed E-state index contributed by atoms with van der Waals surface area (Å²) in [5, 5.41) is 5.57. The number of fused-ring (bicyclic) bond motifs is 1. The number of hydrogen-bond acceptors (Lipinski definition) is 5. The van der Waals surface area contributed by atoms with E-state index in [1.165, 1.54) is 24.6 Å². The van der Waals surface area contributed by atoms with Crippen molar-refractivity contribution in [2.75, 3.05) is 0 Å². The van der Waals surface area contributed by atoms with Crippen LogP contribution in [0.25, 0.3) is 22.4 Å². The Labute approximate surface area is 162 Å². The average Bonchev–Trinajstić information content (AvgIpc) is 3.29. The Morgan fingerprint density at radius 1 is 1.19 bits per heavy atom. The van der Waals surface area contributed by atoms with Crippen LogP contribution in [0.5, 0.6) is 0 Å². The van der Waals surface area contributed by atoms with Gasteiger partial charge in [0.25, 0.3) is 10.0 Å². The molecule has 2 heterocycles. The molecule has 0 spiro atoms. The molecule has 0 saturated heterocycles. The minimum absolute atomic E-state index is 0.143. The normalized spacial score (nSPS) is 11.9. The predicted molar refractivity (Wildman–Crippen MR) is 102 cm³/mol. The third-order valence-electron chi connectivity index (χ3n) is 3.81. The molecule has 2 aromatic heterocycles. The molecule has 0 radical (unpaired) electrons. The molecule has 4 aromatic rings. The van der Waals surface area contributed by atoms with Crippen molar-refractivity contribution in [2.45, 2.75) is 10.2 Å². The van der Waals surface area contributed by atoms with E-state index in [1.54, 1.807) is 30.3 Å². The van der Waals surface area contributed by atoms with Gasteiger partial charge in [0.2, 0.25) is 5.89 Å². The SMILES string of the molecule is O=S(=O)(c1ccccc1)n1ncc2c(-c3nc(CBr)co3)cc(Cl)cc21. The van der Waals surface area contributed by atoms with Gasteiger partial charge in [0.15, 0.2) is 0 Å². The number of alkyl halides is 1. The van der Waals surface area contributed by atoms with Crippen LogP contribution in [-0.4, -0.2) is 22.6 Å². The van der Waals surface area contributed by atoms with Gasteiger partial charge in [0, 0.05) is 21.3 Å². The first kappa shape index (κ1) is 17.3. The molecule has 2 aromatic carbocycles. The Kier molecular flexibility index (Phi) is 4.34. The van der Waals surface area contributed by atoms with E-state index in [1.807, 2.05) is 0 Å². The summed E-state index contributed by atoms with van der Waals surface area (Å²) >= 11 is 9.54. The van der Waals surface area contributed by atoms with Crippen molar-refractivity contribution < 1.29 is 12.8 Å². The second kappa shape index (κ2) is 6.53. The average molecular weight is 453 g/mol. The van der Waals surface area contributed by atoms with Crippen LogP contribution in [0, 0.1) is 0 Å². The van der Waals surface area contributed by atoms with E-state index in [2.05, 4.69) is 26.0 Å². The molecule has 0 aliphatic heterocycles. The summed E-state index contributed by atoms with van der Waals surface area (Å²) in [4.78, 5) is 4.50. The Balaban J connectivity index is 1.95. The Morgan fingerprint density at radius 3 is 2.65 bits per heavy atom. The maximum atomic E-state index is 12.9. The summed E-state index contributed by atoms with van der Waals surface area (Å²) in [7, 11) is -3.85. The Morgan fingerprint density at radius 2 is 1.96 bits per heavy atom. The van der Waals surface area contributed by atoms with Crippen molar-refractivity contribution in [1.29, 1.82) is 0 Å². The molecule has 9 heteroatoms. The van der Waals surface area contributed by atoms with E-state index < -0.39 is 10.0 Å². The van der Waals surface area contributed by atoms with Gasteiger partial charge in [-0.2, -0.15) is 17.6 Å². The molecule has 0 aliphatic carbocycles. The number of halogens is 2. The molecule has 0 N–H and O–H groups in total. The second-order valence-electron chi connectivity index (χ2n) is 5.47. The monoisotopic (exact) mass is 451 g/mol. The molecule has 4 rings (SSSR count). The molecule has 0 atom stereocenters. The predicted octanol–water partition coefficient (Wildman–Crippen LogP) is 4.48. The Bertz CT molecular complexity index is 1200. The van der Waals surface area contributed by atoms with Crippen molar-refractivity contribution in [2.24, 2.45) is 0 Å². The quantitative estimate of drug-likeness (QED) is 0.427. The van der Waals surface area contributed by atoms with Crippen LogP contribution >= 0.6 is 27.5 Å². The topological polar surface area (TPSA) is 78.0 Å². The summed E-state index contributed by atoms with van der Waals surface area (Å²) < 4.78 is 32.3. The van der Waals surface area contributed by atoms with E-state index in [-0.39, 0.29) is 4.90 Å². The number of oxazole rings is 1. The molecule has 0 aliphatic rings. The highest BCUT2D eigenvalue weighted by molar-refractivity contribution is 9.08. The summed E-state index contributed by atoms with van der Waals surface area (Å²) in [6.45, 7) is 0. The van der Waals surface area contributed by atoms with E-state index in [4.69, 9.17) is 16.0 Å². The van der Waals surface area contributed by atoms with E-state index in [0.29, 0.717) is 32.7 Å². The van der Waals surface area contributed by atoms with E-state index in [9.17, 15) is 8.42 Å². The minimum Gasteiger partial charge on any atom is -0.444 e. The van der Waals surface area contributed by atoms with Gasteiger partial charge in [-0.1, -0.05) is 45.7 Å². The highest BCUT2D eigenvalue weighted by Crippen LogP contribution is 2.33. The second-order valence-corrected chi connectivity index (χ2v) is 8.23. The molecule has 6 nitrogen and oxygen atoms in total. The molecule has 0 fully saturated rings. The molecule has 0 saturated carbocycles. The fraction of sp³-hybridized carbons (Fsp3) is 0.0588. The third kappa shape index (κ3) is 2.84. The smallest absolute Gasteiger partial charge is 0.283 e. The summed E-state index contributed by atoms with van der Waals surface area (Å²) in [6.07, 6.45) is 3.00. The van der Waals surface area contributed by atoms with Crippen molar-refractivity contribution in [3.8, 4) is 11.5 Å². The van der Waals surface area contributed by atoms with Crippen LogP contribution in [0.3, 0.4) is 0 Å². The van der Waals surface area contributed by atoms with E-state index >= 15 is 0 Å². The standard InChI is InChI=1S/C17H11BrClN3O3S/c18-8-12-10-25-17(21-12)14-6-11(19)7-16-15(14)9-20-22(16)26(23,24)13-4-2-1-3-5-13/h1-7,9-10H,8H2. The third-order valence-corrected chi connectivity index (χ3v) is 6.22. The Hall–Kier alpha value is -2.16. The lowest BCUT2D eigenvalue weighted by Gasteiger charge is -2.07. The summed E-state index contributed by atoms with van der Waals surface area (Å²) in [5.41, 5.74) is 1.65. The van der Waals surface area contributed by atoms with Crippen molar-refractivity contribution in [3.05, 3.63) is 65.6 Å². The van der Waals surface area contributed by atoms with Crippen LogP contribution in [0.4, 0.5) is 0 Å². The molecule has 132 valence electrons. The zero-order valence-corrected chi connectivity index (χ0v) is 16.3. The number of aromatic nitrogens is 3. The number of benzene rings is 2. The highest BCUT2D eigenvalue weighted by atomic mass is 79.9. The number of hydrogen-bond donors (Lipinski definition) is 0. The largest absolute Gasteiger partial charge is 0.444 e. The zero-order valence-electron chi connectivity index (χ0n) is 13.1. The maximum Gasteiger partial charge on any atom is 0.283 e. The number of rotatable bonds is 4. The molecule has 26 heavy (non-hydrogen) atoms. The first-order valence-electron chi connectivity index (χ1n) is 7.49. The minimum atomic E-state index is -3.85. The van der Waals surface area contributed by atoms with Crippen molar-refractivity contribution >= 4 is 48.5 Å². The highest BCUT2D eigenvalue weighted by Gasteiger charge is 2.23. The fourth-order valence-corrected chi connectivity index (χ4v) is 4.37. The van der Waals surface area contributed by atoms with Gasteiger partial charge in [0.1, 0.15) is 6.26 Å². The lowest BCUT2D eigenvalue weighted by Crippen LogP contribution is -2.14. The van der Waals surface area contributed by atoms with Crippen LogP contribution in [0.2, 0.25) is 5.02 Å². The first-order valence-corrected chi connectivity index (χ1v) is 10.4. The van der Waals surface area contributed by atoms with Gasteiger partial charge >= 0.3 is 0 Å². The van der Waals surface area contributed by atoms with Crippen LogP contribution in [-0.2, 0) is 15.4 Å². The maximum absolute atomic E-state index is 12.9. The molecular weight excluding hydrogens is 442 g/mol. The summed E-state index contributed by atoms with van der Waals surface area (Å²) in [5.74, 6) is 0.351. The molecule has 0 unspecified atom stereocenters.